The van der Waals surface area contributed by atoms with Crippen LogP contribution in [0.15, 0.2) is 12.2 Å². The van der Waals surface area contributed by atoms with Crippen molar-refractivity contribution in [2.24, 2.45) is 17.3 Å². The molecule has 0 N–H and O–H groups in total. The van der Waals surface area contributed by atoms with Gasteiger partial charge in [0, 0.05) is 5.92 Å². The number of hydrogen-bond donors (Lipinski definition) is 0. The van der Waals surface area contributed by atoms with Gasteiger partial charge in [-0.1, -0.05) is 19.9 Å². The number of fused-ring (bicyclic) bond motifs is 2. The summed E-state index contributed by atoms with van der Waals surface area (Å²) >= 11 is 0. The highest BCUT2D eigenvalue weighted by Crippen LogP contribution is 2.59. The minimum atomic E-state index is 0.351. The molecule has 2 saturated carbocycles. The van der Waals surface area contributed by atoms with E-state index in [-0.39, 0.29) is 0 Å². The van der Waals surface area contributed by atoms with Crippen molar-refractivity contribution < 1.29 is 4.79 Å². The number of carbonyl (C=O) groups excluding carboxylic acids is 1. The van der Waals surface area contributed by atoms with Crippen LogP contribution < -0.4 is 0 Å². The molecule has 1 heteroatoms. The minimum Gasteiger partial charge on any atom is -0.295 e. The molecule has 0 heterocycles. The molecule has 2 bridgehead atoms. The van der Waals surface area contributed by atoms with Crippen LogP contribution in [0, 0.1) is 17.3 Å². The van der Waals surface area contributed by atoms with Crippen LogP contribution in [-0.4, -0.2) is 5.78 Å². The fraction of sp³-hybridized carbons (Fsp3) is 0.786. The fourth-order valence-electron chi connectivity index (χ4n) is 3.71. The van der Waals surface area contributed by atoms with E-state index < -0.39 is 0 Å². The van der Waals surface area contributed by atoms with Gasteiger partial charge in [-0.3, -0.25) is 4.79 Å². The molecule has 0 spiro atoms. The SMILES string of the molecule is CC/C=C/C(=O)C1CC2CCC1(CC)C2. The highest BCUT2D eigenvalue weighted by molar-refractivity contribution is 5.92. The van der Waals surface area contributed by atoms with E-state index in [1.807, 2.05) is 12.2 Å². The van der Waals surface area contributed by atoms with E-state index >= 15 is 0 Å². The quantitative estimate of drug-likeness (QED) is 0.640. The van der Waals surface area contributed by atoms with Crippen molar-refractivity contribution >= 4 is 5.78 Å². The maximum absolute atomic E-state index is 12.1. The molecule has 0 aromatic heterocycles. The predicted molar refractivity (Wildman–Crippen MR) is 62.6 cm³/mol. The topological polar surface area (TPSA) is 17.1 Å². The molecule has 0 radical (unpaired) electrons. The van der Waals surface area contributed by atoms with Crippen LogP contribution in [0.5, 0.6) is 0 Å². The molecule has 2 aliphatic carbocycles. The average Bonchev–Trinajstić information content (AvgIpc) is 2.83. The van der Waals surface area contributed by atoms with Crippen LogP contribution in [0.25, 0.3) is 0 Å². The van der Waals surface area contributed by atoms with Gasteiger partial charge in [0.2, 0.25) is 0 Å². The smallest absolute Gasteiger partial charge is 0.159 e. The Morgan fingerprint density at radius 3 is 2.87 bits per heavy atom. The van der Waals surface area contributed by atoms with E-state index in [1.54, 1.807) is 0 Å². The molecule has 2 fully saturated rings. The van der Waals surface area contributed by atoms with Gasteiger partial charge in [0.1, 0.15) is 0 Å². The summed E-state index contributed by atoms with van der Waals surface area (Å²) in [5, 5.41) is 0. The summed E-state index contributed by atoms with van der Waals surface area (Å²) in [6, 6.07) is 0. The third-order valence-electron chi connectivity index (χ3n) is 4.62. The summed E-state index contributed by atoms with van der Waals surface area (Å²) < 4.78 is 0. The number of allylic oxidation sites excluding steroid dienone is 2. The standard InChI is InChI=1S/C14H22O/c1-3-5-6-13(15)12-9-11-7-8-14(12,4-2)10-11/h5-6,11-12H,3-4,7-10H2,1-2H3/b6-5+. The fourth-order valence-corrected chi connectivity index (χ4v) is 3.71. The van der Waals surface area contributed by atoms with Gasteiger partial charge in [-0.25, -0.2) is 0 Å². The van der Waals surface area contributed by atoms with E-state index in [0.717, 1.165) is 12.3 Å². The van der Waals surface area contributed by atoms with Crippen molar-refractivity contribution in [2.75, 3.05) is 0 Å². The zero-order valence-corrected chi connectivity index (χ0v) is 9.96. The number of hydrogen-bond acceptors (Lipinski definition) is 1. The highest BCUT2D eigenvalue weighted by atomic mass is 16.1. The van der Waals surface area contributed by atoms with Crippen molar-refractivity contribution in [3.8, 4) is 0 Å². The molecular formula is C14H22O. The maximum Gasteiger partial charge on any atom is 0.159 e. The van der Waals surface area contributed by atoms with Crippen LogP contribution in [-0.2, 0) is 4.79 Å². The van der Waals surface area contributed by atoms with E-state index in [2.05, 4.69) is 13.8 Å². The predicted octanol–water partition coefficient (Wildman–Crippen LogP) is 3.74. The normalized spacial score (nSPS) is 39.1. The molecule has 0 amide bonds. The number of carbonyl (C=O) groups is 1. The Labute approximate surface area is 92.9 Å². The first-order valence-corrected chi connectivity index (χ1v) is 6.42. The second-order valence-corrected chi connectivity index (χ2v) is 5.33. The summed E-state index contributed by atoms with van der Waals surface area (Å²) in [6.07, 6.45) is 11.2. The largest absolute Gasteiger partial charge is 0.295 e. The van der Waals surface area contributed by atoms with Crippen molar-refractivity contribution in [3.05, 3.63) is 12.2 Å². The molecule has 15 heavy (non-hydrogen) atoms. The van der Waals surface area contributed by atoms with Crippen LogP contribution in [0.4, 0.5) is 0 Å². The van der Waals surface area contributed by atoms with E-state index in [0.29, 0.717) is 17.1 Å². The summed E-state index contributed by atoms with van der Waals surface area (Å²) in [5.74, 6) is 1.61. The first-order valence-electron chi connectivity index (χ1n) is 6.42. The highest BCUT2D eigenvalue weighted by Gasteiger charge is 2.52. The van der Waals surface area contributed by atoms with Gasteiger partial charge in [-0.15, -0.1) is 0 Å². The van der Waals surface area contributed by atoms with Crippen LogP contribution in [0.2, 0.25) is 0 Å². The van der Waals surface area contributed by atoms with Crippen molar-refractivity contribution in [1.82, 2.24) is 0 Å². The zero-order valence-electron chi connectivity index (χ0n) is 9.96. The maximum atomic E-state index is 12.1. The lowest BCUT2D eigenvalue weighted by atomic mass is 9.71. The molecule has 2 aliphatic rings. The lowest BCUT2D eigenvalue weighted by Gasteiger charge is -2.32. The summed E-state index contributed by atoms with van der Waals surface area (Å²) in [6.45, 7) is 4.34. The molecule has 1 nitrogen and oxygen atoms in total. The summed E-state index contributed by atoms with van der Waals surface area (Å²) in [4.78, 5) is 12.1. The van der Waals surface area contributed by atoms with Gasteiger partial charge in [-0.05, 0) is 55.9 Å². The Hall–Kier alpha value is -0.590. The van der Waals surface area contributed by atoms with Crippen molar-refractivity contribution in [3.63, 3.8) is 0 Å². The van der Waals surface area contributed by atoms with Crippen LogP contribution in [0.1, 0.15) is 52.4 Å². The monoisotopic (exact) mass is 206 g/mol. The Morgan fingerprint density at radius 1 is 1.47 bits per heavy atom. The van der Waals surface area contributed by atoms with Gasteiger partial charge in [-0.2, -0.15) is 0 Å². The summed E-state index contributed by atoms with van der Waals surface area (Å²) in [7, 11) is 0. The first kappa shape index (κ1) is 10.9. The second kappa shape index (κ2) is 4.11. The molecule has 2 rings (SSSR count). The molecule has 3 unspecified atom stereocenters. The van der Waals surface area contributed by atoms with Crippen LogP contribution >= 0.6 is 0 Å². The molecule has 0 saturated heterocycles. The third kappa shape index (κ3) is 1.77. The zero-order chi connectivity index (χ0) is 10.9. The lowest BCUT2D eigenvalue weighted by molar-refractivity contribution is -0.122. The number of rotatable bonds is 4. The Bertz CT molecular complexity index is 279. The van der Waals surface area contributed by atoms with E-state index in [9.17, 15) is 4.79 Å². The van der Waals surface area contributed by atoms with E-state index in [1.165, 1.54) is 32.1 Å². The lowest BCUT2D eigenvalue weighted by Crippen LogP contribution is -2.30. The molecule has 0 aliphatic heterocycles. The van der Waals surface area contributed by atoms with Gasteiger partial charge < -0.3 is 0 Å². The van der Waals surface area contributed by atoms with Crippen molar-refractivity contribution in [1.29, 1.82) is 0 Å². The molecule has 84 valence electrons. The van der Waals surface area contributed by atoms with Gasteiger partial charge >= 0.3 is 0 Å². The van der Waals surface area contributed by atoms with Gasteiger partial charge in [0.05, 0.1) is 0 Å². The van der Waals surface area contributed by atoms with Gasteiger partial charge in [0.15, 0.2) is 5.78 Å². The molecule has 3 atom stereocenters. The average molecular weight is 206 g/mol. The minimum absolute atomic E-state index is 0.351. The molecular weight excluding hydrogens is 184 g/mol. The third-order valence-corrected chi connectivity index (χ3v) is 4.62. The Kier molecular flexibility index (Phi) is 2.99. The first-order chi connectivity index (χ1) is 7.22. The number of ketones is 1. The van der Waals surface area contributed by atoms with Gasteiger partial charge in [0.25, 0.3) is 0 Å². The Balaban J connectivity index is 2.10. The van der Waals surface area contributed by atoms with E-state index in [4.69, 9.17) is 0 Å². The molecule has 0 aromatic rings. The second-order valence-electron chi connectivity index (χ2n) is 5.33. The Morgan fingerprint density at radius 2 is 2.27 bits per heavy atom. The molecule has 0 aromatic carbocycles. The summed E-state index contributed by atoms with van der Waals surface area (Å²) in [5.41, 5.74) is 0.389. The van der Waals surface area contributed by atoms with Crippen molar-refractivity contribution in [2.45, 2.75) is 52.4 Å². The van der Waals surface area contributed by atoms with Crippen LogP contribution in [0.3, 0.4) is 0 Å².